The lowest BCUT2D eigenvalue weighted by Crippen LogP contribution is -2.11. The molecule has 2 aromatic rings. The standard InChI is InChI=1S/C20H20N2O3/c1-4-12-24-19-7-5-6-16(13-19)14-21-22-18-10-8-17(9-11-18)20(23)25-15(2)3/h1,5-11,13-15,22H,12H2,2-3H3. The monoisotopic (exact) mass is 336 g/mol. The summed E-state index contributed by atoms with van der Waals surface area (Å²) in [5.74, 6) is 2.77. The van der Waals surface area contributed by atoms with Gasteiger partial charge in [0.1, 0.15) is 12.4 Å². The molecule has 0 unspecified atom stereocenters. The summed E-state index contributed by atoms with van der Waals surface area (Å²) in [5, 5.41) is 4.17. The van der Waals surface area contributed by atoms with Crippen LogP contribution < -0.4 is 10.2 Å². The van der Waals surface area contributed by atoms with E-state index in [0.717, 1.165) is 11.3 Å². The molecule has 0 atom stereocenters. The number of hydrogen-bond acceptors (Lipinski definition) is 5. The minimum absolute atomic E-state index is 0.143. The third-order valence-corrected chi connectivity index (χ3v) is 3.05. The number of benzene rings is 2. The number of anilines is 1. The molecule has 0 heterocycles. The van der Waals surface area contributed by atoms with Crippen LogP contribution in [0.25, 0.3) is 0 Å². The number of hydrazone groups is 1. The van der Waals surface area contributed by atoms with Crippen LogP contribution in [-0.4, -0.2) is 24.9 Å². The van der Waals surface area contributed by atoms with Gasteiger partial charge in [-0.1, -0.05) is 18.1 Å². The molecule has 25 heavy (non-hydrogen) atoms. The molecule has 5 heteroatoms. The number of carbonyl (C=O) groups excluding carboxylic acids is 1. The van der Waals surface area contributed by atoms with Crippen molar-refractivity contribution in [3.05, 3.63) is 59.7 Å². The summed E-state index contributed by atoms with van der Waals surface area (Å²) in [6, 6.07) is 14.3. The second kappa shape index (κ2) is 9.14. The van der Waals surface area contributed by atoms with Crippen LogP contribution in [0.3, 0.4) is 0 Å². The van der Waals surface area contributed by atoms with Gasteiger partial charge >= 0.3 is 5.97 Å². The zero-order chi connectivity index (χ0) is 18.1. The lowest BCUT2D eigenvalue weighted by molar-refractivity contribution is 0.0378. The first-order valence-corrected chi connectivity index (χ1v) is 7.85. The first kappa shape index (κ1) is 18.1. The van der Waals surface area contributed by atoms with Gasteiger partial charge < -0.3 is 9.47 Å². The lowest BCUT2D eigenvalue weighted by atomic mass is 10.2. The maximum absolute atomic E-state index is 11.8. The minimum atomic E-state index is -0.339. The Morgan fingerprint density at radius 3 is 2.72 bits per heavy atom. The molecule has 0 amide bonds. The Balaban J connectivity index is 1.94. The van der Waals surface area contributed by atoms with Gasteiger partial charge in [0.25, 0.3) is 0 Å². The van der Waals surface area contributed by atoms with E-state index in [9.17, 15) is 4.79 Å². The Hall–Kier alpha value is -3.26. The summed E-state index contributed by atoms with van der Waals surface area (Å²) in [4.78, 5) is 11.8. The first-order chi connectivity index (χ1) is 12.1. The van der Waals surface area contributed by atoms with E-state index in [1.807, 2.05) is 38.1 Å². The molecule has 5 nitrogen and oxygen atoms in total. The Morgan fingerprint density at radius 1 is 1.28 bits per heavy atom. The van der Waals surface area contributed by atoms with E-state index < -0.39 is 0 Å². The molecule has 0 radical (unpaired) electrons. The highest BCUT2D eigenvalue weighted by molar-refractivity contribution is 5.90. The van der Waals surface area contributed by atoms with Crippen molar-refractivity contribution in [2.24, 2.45) is 5.10 Å². The predicted molar refractivity (Wildman–Crippen MR) is 99.0 cm³/mol. The Labute approximate surface area is 147 Å². The van der Waals surface area contributed by atoms with E-state index in [-0.39, 0.29) is 18.7 Å². The first-order valence-electron chi connectivity index (χ1n) is 7.85. The number of esters is 1. The number of nitrogens with one attached hydrogen (secondary N) is 1. The molecule has 0 aliphatic carbocycles. The number of nitrogens with zero attached hydrogens (tertiary/aromatic N) is 1. The van der Waals surface area contributed by atoms with Gasteiger partial charge in [0.2, 0.25) is 0 Å². The van der Waals surface area contributed by atoms with Gasteiger partial charge in [-0.15, -0.1) is 6.42 Å². The molecular formula is C20H20N2O3. The van der Waals surface area contributed by atoms with Crippen molar-refractivity contribution in [2.75, 3.05) is 12.0 Å². The second-order valence-corrected chi connectivity index (χ2v) is 5.47. The van der Waals surface area contributed by atoms with Gasteiger partial charge in [0, 0.05) is 0 Å². The fraction of sp³-hybridized carbons (Fsp3) is 0.200. The smallest absolute Gasteiger partial charge is 0.338 e. The third kappa shape index (κ3) is 6.04. The highest BCUT2D eigenvalue weighted by Gasteiger charge is 2.08. The molecule has 0 aromatic heterocycles. The molecule has 1 N–H and O–H groups in total. The van der Waals surface area contributed by atoms with Crippen molar-refractivity contribution < 1.29 is 14.3 Å². The van der Waals surface area contributed by atoms with E-state index in [4.69, 9.17) is 15.9 Å². The molecular weight excluding hydrogens is 316 g/mol. The molecule has 128 valence electrons. The topological polar surface area (TPSA) is 59.9 Å². The van der Waals surface area contributed by atoms with E-state index >= 15 is 0 Å². The van der Waals surface area contributed by atoms with Crippen LogP contribution in [0.15, 0.2) is 53.6 Å². The van der Waals surface area contributed by atoms with Crippen LogP contribution in [0.2, 0.25) is 0 Å². The van der Waals surface area contributed by atoms with Gasteiger partial charge in [0.15, 0.2) is 0 Å². The van der Waals surface area contributed by atoms with Crippen LogP contribution in [0.5, 0.6) is 5.75 Å². The van der Waals surface area contributed by atoms with E-state index in [1.54, 1.807) is 30.5 Å². The minimum Gasteiger partial charge on any atom is -0.481 e. The van der Waals surface area contributed by atoms with Crippen molar-refractivity contribution in [2.45, 2.75) is 20.0 Å². The quantitative estimate of drug-likeness (QED) is 0.362. The van der Waals surface area contributed by atoms with Crippen LogP contribution in [0.4, 0.5) is 5.69 Å². The van der Waals surface area contributed by atoms with E-state index in [0.29, 0.717) is 11.3 Å². The lowest BCUT2D eigenvalue weighted by Gasteiger charge is -2.08. The van der Waals surface area contributed by atoms with Gasteiger partial charge in [-0.3, -0.25) is 5.43 Å². The molecule has 0 saturated heterocycles. The van der Waals surface area contributed by atoms with Gasteiger partial charge in [0.05, 0.1) is 23.6 Å². The number of carbonyl (C=O) groups is 1. The number of rotatable bonds is 7. The van der Waals surface area contributed by atoms with Crippen LogP contribution >= 0.6 is 0 Å². The molecule has 0 spiro atoms. The SMILES string of the molecule is C#CCOc1cccc(C=NNc2ccc(C(=O)OC(C)C)cc2)c1. The Morgan fingerprint density at radius 2 is 2.04 bits per heavy atom. The average Bonchev–Trinajstić information content (AvgIpc) is 2.60. The van der Waals surface area contributed by atoms with E-state index in [2.05, 4.69) is 16.4 Å². The van der Waals surface area contributed by atoms with Crippen LogP contribution in [0.1, 0.15) is 29.8 Å². The summed E-state index contributed by atoms with van der Waals surface area (Å²) in [6.07, 6.45) is 6.70. The molecule has 0 aliphatic rings. The zero-order valence-electron chi connectivity index (χ0n) is 14.2. The summed E-state index contributed by atoms with van der Waals surface area (Å²) < 4.78 is 10.5. The van der Waals surface area contributed by atoms with Gasteiger partial charge in [-0.05, 0) is 55.8 Å². The number of terminal acetylenes is 1. The summed E-state index contributed by atoms with van der Waals surface area (Å²) in [5.41, 5.74) is 5.04. The molecule has 0 bridgehead atoms. The van der Waals surface area contributed by atoms with E-state index in [1.165, 1.54) is 0 Å². The Bertz CT molecular complexity index is 774. The largest absolute Gasteiger partial charge is 0.481 e. The molecule has 0 aliphatic heterocycles. The normalized spacial score (nSPS) is 10.5. The highest BCUT2D eigenvalue weighted by atomic mass is 16.5. The zero-order valence-corrected chi connectivity index (χ0v) is 14.2. The van der Waals surface area contributed by atoms with Crippen molar-refractivity contribution in [3.8, 4) is 18.1 Å². The average molecular weight is 336 g/mol. The molecule has 2 aromatic carbocycles. The van der Waals surface area contributed by atoms with Gasteiger partial charge in [-0.2, -0.15) is 5.10 Å². The highest BCUT2D eigenvalue weighted by Crippen LogP contribution is 2.13. The second-order valence-electron chi connectivity index (χ2n) is 5.47. The maximum atomic E-state index is 11.8. The predicted octanol–water partition coefficient (Wildman–Crippen LogP) is 3.71. The third-order valence-electron chi connectivity index (χ3n) is 3.05. The van der Waals surface area contributed by atoms with Crippen molar-refractivity contribution in [3.63, 3.8) is 0 Å². The fourth-order valence-electron chi connectivity index (χ4n) is 1.95. The van der Waals surface area contributed by atoms with Crippen LogP contribution in [-0.2, 0) is 4.74 Å². The summed E-state index contributed by atoms with van der Waals surface area (Å²) in [6.45, 7) is 3.86. The van der Waals surface area contributed by atoms with Crippen molar-refractivity contribution in [1.82, 2.24) is 0 Å². The molecule has 0 saturated carbocycles. The fourth-order valence-corrected chi connectivity index (χ4v) is 1.95. The van der Waals surface area contributed by atoms with Crippen molar-refractivity contribution in [1.29, 1.82) is 0 Å². The maximum Gasteiger partial charge on any atom is 0.338 e. The summed E-state index contributed by atoms with van der Waals surface area (Å²) in [7, 11) is 0. The number of ether oxygens (including phenoxy) is 2. The molecule has 0 fully saturated rings. The summed E-state index contributed by atoms with van der Waals surface area (Å²) >= 11 is 0. The Kier molecular flexibility index (Phi) is 6.61. The van der Waals surface area contributed by atoms with Gasteiger partial charge in [-0.25, -0.2) is 4.79 Å². The van der Waals surface area contributed by atoms with Crippen molar-refractivity contribution >= 4 is 17.9 Å². The number of hydrogen-bond donors (Lipinski definition) is 1. The molecule has 2 rings (SSSR count). The van der Waals surface area contributed by atoms with Crippen LogP contribution in [0, 0.1) is 12.3 Å².